The van der Waals surface area contributed by atoms with Crippen LogP contribution in [-0.2, 0) is 17.7 Å². The summed E-state index contributed by atoms with van der Waals surface area (Å²) in [4.78, 5) is 2.25. The maximum atomic E-state index is 11.0. The third-order valence-electron chi connectivity index (χ3n) is 4.83. The van der Waals surface area contributed by atoms with Crippen molar-refractivity contribution >= 4 is 17.7 Å². The molecule has 0 radical (unpaired) electrons. The molecule has 28 heavy (non-hydrogen) atoms. The average molecular weight is 404 g/mol. The predicted octanol–water partition coefficient (Wildman–Crippen LogP) is 4.15. The van der Waals surface area contributed by atoms with Gasteiger partial charge in [-0.1, -0.05) is 35.9 Å². The summed E-state index contributed by atoms with van der Waals surface area (Å²) >= 11 is 6.04. The number of morpholine rings is 1. The minimum absolute atomic E-state index is 0.221. The molecule has 2 aromatic rings. The van der Waals surface area contributed by atoms with Crippen LogP contribution in [0.15, 0.2) is 36.4 Å². The van der Waals surface area contributed by atoms with Gasteiger partial charge in [-0.3, -0.25) is 4.90 Å². The zero-order chi connectivity index (χ0) is 19.9. The Labute approximate surface area is 171 Å². The molecule has 1 aliphatic heterocycles. The lowest BCUT2D eigenvalue weighted by molar-refractivity contribution is 0.0335. The summed E-state index contributed by atoms with van der Waals surface area (Å²) < 4.78 is 16.4. The number of aromatic hydroxyl groups is 1. The summed E-state index contributed by atoms with van der Waals surface area (Å²) in [5, 5.41) is 11.7. The van der Waals surface area contributed by atoms with E-state index < -0.39 is 0 Å². The number of hydrogen-bond donors (Lipinski definition) is 1. The van der Waals surface area contributed by atoms with Gasteiger partial charge in [0.15, 0.2) is 0 Å². The van der Waals surface area contributed by atoms with Gasteiger partial charge in [-0.15, -0.1) is 0 Å². The smallest absolute Gasteiger partial charge is 0.131 e. The second-order valence-electron chi connectivity index (χ2n) is 6.64. The number of phenols is 1. The summed E-state index contributed by atoms with van der Waals surface area (Å²) in [5.41, 5.74) is 2.52. The van der Waals surface area contributed by atoms with Crippen molar-refractivity contribution in [1.29, 1.82) is 0 Å². The summed E-state index contributed by atoms with van der Waals surface area (Å²) in [6, 6.07) is 9.48. The molecule has 1 N–H and O–H groups in total. The summed E-state index contributed by atoms with van der Waals surface area (Å²) in [5.74, 6) is 1.46. The SMILES string of the molecule is COc1cc(OC)c(CN2CCOCC2)c(O)c1C/C=C/c1cccc(Cl)c1. The Hall–Kier alpha value is -2.21. The number of allylic oxidation sites excluding steroid dienone is 1. The molecule has 0 amide bonds. The van der Waals surface area contributed by atoms with E-state index in [9.17, 15) is 5.11 Å². The molecule has 0 bridgehead atoms. The van der Waals surface area contributed by atoms with E-state index in [1.54, 1.807) is 14.2 Å². The van der Waals surface area contributed by atoms with E-state index in [0.29, 0.717) is 42.7 Å². The van der Waals surface area contributed by atoms with Gasteiger partial charge in [0.05, 0.1) is 33.0 Å². The molecular formula is C22H26ClNO4. The maximum Gasteiger partial charge on any atom is 0.131 e. The van der Waals surface area contributed by atoms with Crippen LogP contribution in [0.1, 0.15) is 16.7 Å². The second-order valence-corrected chi connectivity index (χ2v) is 7.07. The van der Waals surface area contributed by atoms with E-state index in [4.69, 9.17) is 25.8 Å². The van der Waals surface area contributed by atoms with Crippen molar-refractivity contribution in [1.82, 2.24) is 4.90 Å². The quantitative estimate of drug-likeness (QED) is 0.752. The van der Waals surface area contributed by atoms with Gasteiger partial charge in [-0.25, -0.2) is 0 Å². The van der Waals surface area contributed by atoms with Crippen LogP contribution in [0.25, 0.3) is 6.08 Å². The molecule has 0 saturated carbocycles. The fourth-order valence-electron chi connectivity index (χ4n) is 3.33. The molecule has 1 fully saturated rings. The molecule has 1 saturated heterocycles. The number of hydrogen-bond acceptors (Lipinski definition) is 5. The molecule has 0 aliphatic carbocycles. The van der Waals surface area contributed by atoms with E-state index >= 15 is 0 Å². The fraction of sp³-hybridized carbons (Fsp3) is 0.364. The van der Waals surface area contributed by atoms with Crippen LogP contribution in [0.4, 0.5) is 0 Å². The Balaban J connectivity index is 1.87. The van der Waals surface area contributed by atoms with E-state index in [2.05, 4.69) is 4.90 Å². The number of phenolic OH excluding ortho intramolecular Hbond substituents is 1. The van der Waals surface area contributed by atoms with Gasteiger partial charge in [0.2, 0.25) is 0 Å². The lowest BCUT2D eigenvalue weighted by atomic mass is 10.0. The van der Waals surface area contributed by atoms with Gasteiger partial charge < -0.3 is 19.3 Å². The first-order chi connectivity index (χ1) is 13.6. The van der Waals surface area contributed by atoms with Crippen molar-refractivity contribution in [2.45, 2.75) is 13.0 Å². The Kier molecular flexibility index (Phi) is 7.20. The van der Waals surface area contributed by atoms with Crippen LogP contribution >= 0.6 is 11.6 Å². The van der Waals surface area contributed by atoms with E-state index in [-0.39, 0.29) is 5.75 Å². The summed E-state index contributed by atoms with van der Waals surface area (Å²) in [7, 11) is 3.20. The van der Waals surface area contributed by atoms with E-state index in [0.717, 1.165) is 29.8 Å². The molecule has 1 aliphatic rings. The molecule has 0 spiro atoms. The molecule has 6 heteroatoms. The Morgan fingerprint density at radius 3 is 2.50 bits per heavy atom. The maximum absolute atomic E-state index is 11.0. The molecule has 0 unspecified atom stereocenters. The van der Waals surface area contributed by atoms with Crippen LogP contribution < -0.4 is 9.47 Å². The van der Waals surface area contributed by atoms with E-state index in [1.807, 2.05) is 42.5 Å². The average Bonchev–Trinajstić information content (AvgIpc) is 2.71. The largest absolute Gasteiger partial charge is 0.507 e. The fourth-order valence-corrected chi connectivity index (χ4v) is 3.53. The van der Waals surface area contributed by atoms with Gasteiger partial charge in [-0.2, -0.15) is 0 Å². The first kappa shape index (κ1) is 20.5. The number of halogens is 1. The van der Waals surface area contributed by atoms with Crippen LogP contribution in [-0.4, -0.2) is 50.5 Å². The van der Waals surface area contributed by atoms with Crippen LogP contribution in [0.3, 0.4) is 0 Å². The highest BCUT2D eigenvalue weighted by atomic mass is 35.5. The first-order valence-corrected chi connectivity index (χ1v) is 9.68. The van der Waals surface area contributed by atoms with Crippen molar-refractivity contribution in [3.8, 4) is 17.2 Å². The van der Waals surface area contributed by atoms with Gasteiger partial charge in [0, 0.05) is 36.3 Å². The van der Waals surface area contributed by atoms with Crippen molar-refractivity contribution in [3.05, 3.63) is 58.1 Å². The van der Waals surface area contributed by atoms with Gasteiger partial charge in [0.1, 0.15) is 17.2 Å². The highest BCUT2D eigenvalue weighted by Crippen LogP contribution is 2.40. The Morgan fingerprint density at radius 1 is 1.11 bits per heavy atom. The molecule has 2 aromatic carbocycles. The zero-order valence-corrected chi connectivity index (χ0v) is 17.0. The minimum Gasteiger partial charge on any atom is -0.507 e. The third-order valence-corrected chi connectivity index (χ3v) is 5.07. The molecule has 5 nitrogen and oxygen atoms in total. The lowest BCUT2D eigenvalue weighted by Gasteiger charge is -2.28. The molecule has 0 atom stereocenters. The molecular weight excluding hydrogens is 378 g/mol. The lowest BCUT2D eigenvalue weighted by Crippen LogP contribution is -2.35. The van der Waals surface area contributed by atoms with Crippen LogP contribution in [0, 0.1) is 0 Å². The molecule has 150 valence electrons. The highest BCUT2D eigenvalue weighted by molar-refractivity contribution is 6.30. The van der Waals surface area contributed by atoms with Gasteiger partial charge >= 0.3 is 0 Å². The molecule has 0 aromatic heterocycles. The monoisotopic (exact) mass is 403 g/mol. The van der Waals surface area contributed by atoms with Crippen molar-refractivity contribution < 1.29 is 19.3 Å². The highest BCUT2D eigenvalue weighted by Gasteiger charge is 2.21. The number of rotatable bonds is 7. The topological polar surface area (TPSA) is 51.2 Å². The Morgan fingerprint density at radius 2 is 1.82 bits per heavy atom. The normalized spacial score (nSPS) is 15.1. The number of nitrogens with zero attached hydrogens (tertiary/aromatic N) is 1. The molecule has 3 rings (SSSR count). The molecule has 1 heterocycles. The summed E-state index contributed by atoms with van der Waals surface area (Å²) in [6.07, 6.45) is 4.51. The van der Waals surface area contributed by atoms with E-state index in [1.165, 1.54) is 0 Å². The number of methoxy groups -OCH3 is 2. The predicted molar refractivity (Wildman–Crippen MR) is 111 cm³/mol. The van der Waals surface area contributed by atoms with Gasteiger partial charge in [-0.05, 0) is 24.1 Å². The van der Waals surface area contributed by atoms with Crippen molar-refractivity contribution in [3.63, 3.8) is 0 Å². The van der Waals surface area contributed by atoms with Gasteiger partial charge in [0.25, 0.3) is 0 Å². The standard InChI is InChI=1S/C22H26ClNO4/c1-26-20-14-21(27-2)19(15-24-9-11-28-12-10-24)22(25)18(20)8-4-6-16-5-3-7-17(23)13-16/h3-7,13-14,25H,8-12,15H2,1-2H3/b6-4+. The minimum atomic E-state index is 0.221. The second kappa shape index (κ2) is 9.82. The van der Waals surface area contributed by atoms with Crippen molar-refractivity contribution in [2.75, 3.05) is 40.5 Å². The third kappa shape index (κ3) is 4.98. The van der Waals surface area contributed by atoms with Crippen LogP contribution in [0.2, 0.25) is 5.02 Å². The zero-order valence-electron chi connectivity index (χ0n) is 16.3. The number of ether oxygens (including phenoxy) is 3. The first-order valence-electron chi connectivity index (χ1n) is 9.30. The number of benzene rings is 2. The summed E-state index contributed by atoms with van der Waals surface area (Å²) in [6.45, 7) is 3.67. The Bertz CT molecular complexity index is 832. The van der Waals surface area contributed by atoms with Crippen molar-refractivity contribution in [2.24, 2.45) is 0 Å². The van der Waals surface area contributed by atoms with Crippen LogP contribution in [0.5, 0.6) is 17.2 Å².